The lowest BCUT2D eigenvalue weighted by molar-refractivity contribution is 0.102. The van der Waals surface area contributed by atoms with Crippen molar-refractivity contribution < 1.29 is 4.79 Å². The van der Waals surface area contributed by atoms with Gasteiger partial charge in [-0.25, -0.2) is 4.98 Å². The van der Waals surface area contributed by atoms with Crippen LogP contribution in [-0.4, -0.2) is 22.3 Å². The molecule has 1 amide bonds. The molecular formula is C22H18N6O. The number of rotatable bonds is 5. The molecule has 7 heteroatoms. The lowest BCUT2D eigenvalue weighted by Gasteiger charge is -2.11. The Morgan fingerprint density at radius 2 is 1.76 bits per heavy atom. The van der Waals surface area contributed by atoms with E-state index in [2.05, 4.69) is 27.0 Å². The van der Waals surface area contributed by atoms with Crippen LogP contribution in [0.4, 0.5) is 22.9 Å². The third-order valence-electron chi connectivity index (χ3n) is 4.46. The van der Waals surface area contributed by atoms with Crippen molar-refractivity contribution in [3.05, 3.63) is 84.2 Å². The minimum atomic E-state index is -0.178. The molecular weight excluding hydrogens is 364 g/mol. The highest BCUT2D eigenvalue weighted by molar-refractivity contribution is 6.08. The molecule has 7 nitrogen and oxygen atoms in total. The molecule has 0 saturated heterocycles. The molecule has 0 fully saturated rings. The van der Waals surface area contributed by atoms with E-state index < -0.39 is 0 Å². The maximum atomic E-state index is 12.5. The van der Waals surface area contributed by atoms with E-state index in [1.54, 1.807) is 19.3 Å². The number of benzene rings is 2. The number of fused-ring (bicyclic) bond motifs is 1. The summed E-state index contributed by atoms with van der Waals surface area (Å²) < 4.78 is 1.82. The number of anilines is 4. The Hall–Kier alpha value is -4.31. The van der Waals surface area contributed by atoms with E-state index in [1.807, 2.05) is 65.1 Å². The Labute approximate surface area is 167 Å². The highest BCUT2D eigenvalue weighted by atomic mass is 16.1. The van der Waals surface area contributed by atoms with Crippen LogP contribution >= 0.6 is 0 Å². The van der Waals surface area contributed by atoms with Crippen LogP contribution in [-0.2, 0) is 0 Å². The highest BCUT2D eigenvalue weighted by Gasteiger charge is 2.10. The minimum Gasteiger partial charge on any atom is -0.387 e. The van der Waals surface area contributed by atoms with Crippen molar-refractivity contribution in [2.24, 2.45) is 0 Å². The number of hydrogen-bond acceptors (Lipinski definition) is 5. The number of aromatic nitrogens is 2. The number of nitrogens with zero attached hydrogens (tertiary/aromatic N) is 3. The first-order valence-corrected chi connectivity index (χ1v) is 9.01. The van der Waals surface area contributed by atoms with Gasteiger partial charge in [-0.05, 0) is 48.5 Å². The molecule has 2 aromatic heterocycles. The lowest BCUT2D eigenvalue weighted by atomic mass is 10.1. The summed E-state index contributed by atoms with van der Waals surface area (Å²) in [6, 6.07) is 22.4. The van der Waals surface area contributed by atoms with Crippen molar-refractivity contribution in [3.8, 4) is 6.07 Å². The summed E-state index contributed by atoms with van der Waals surface area (Å²) in [4.78, 5) is 16.8. The Morgan fingerprint density at radius 3 is 2.52 bits per heavy atom. The summed E-state index contributed by atoms with van der Waals surface area (Å²) in [5, 5.41) is 18.3. The van der Waals surface area contributed by atoms with Crippen LogP contribution < -0.4 is 16.0 Å². The Morgan fingerprint density at radius 1 is 1.00 bits per heavy atom. The van der Waals surface area contributed by atoms with Gasteiger partial charge >= 0.3 is 0 Å². The van der Waals surface area contributed by atoms with Gasteiger partial charge in [0.15, 0.2) is 5.69 Å². The summed E-state index contributed by atoms with van der Waals surface area (Å²) in [7, 11) is 1.78. The molecule has 0 unspecified atom stereocenters. The SMILES string of the molecule is CNc1ccccc1C(=O)Nc1ccc(Nc2cccc3nc(C#N)cn23)cc1. The maximum absolute atomic E-state index is 12.5. The van der Waals surface area contributed by atoms with E-state index in [1.165, 1.54) is 0 Å². The second kappa shape index (κ2) is 7.74. The van der Waals surface area contributed by atoms with Crippen molar-refractivity contribution in [2.75, 3.05) is 23.0 Å². The first-order valence-electron chi connectivity index (χ1n) is 9.01. The molecule has 0 radical (unpaired) electrons. The first kappa shape index (κ1) is 18.1. The summed E-state index contributed by atoms with van der Waals surface area (Å²) in [6.07, 6.45) is 1.69. The number of imidazole rings is 1. The van der Waals surface area contributed by atoms with E-state index in [4.69, 9.17) is 5.26 Å². The summed E-state index contributed by atoms with van der Waals surface area (Å²) in [5.41, 5.74) is 3.95. The predicted octanol–water partition coefficient (Wildman–Crippen LogP) is 4.24. The van der Waals surface area contributed by atoms with E-state index in [-0.39, 0.29) is 5.91 Å². The van der Waals surface area contributed by atoms with Crippen LogP contribution in [0, 0.1) is 11.3 Å². The van der Waals surface area contributed by atoms with E-state index in [9.17, 15) is 4.79 Å². The number of amides is 1. The standard InChI is InChI=1S/C22H18N6O/c1-24-19-6-3-2-5-18(19)22(29)27-16-11-9-15(10-12-16)25-20-7-4-8-21-26-17(13-23)14-28(20)21/h2-12,14,24-25H,1H3,(H,27,29). The molecule has 0 bridgehead atoms. The van der Waals surface area contributed by atoms with E-state index >= 15 is 0 Å². The van der Waals surface area contributed by atoms with Crippen LogP contribution in [0.2, 0.25) is 0 Å². The van der Waals surface area contributed by atoms with Gasteiger partial charge in [0.1, 0.15) is 17.5 Å². The fraction of sp³-hybridized carbons (Fsp3) is 0.0455. The molecule has 0 spiro atoms. The normalized spacial score (nSPS) is 10.3. The van der Waals surface area contributed by atoms with Gasteiger partial charge in [0, 0.05) is 30.3 Å². The molecule has 142 valence electrons. The predicted molar refractivity (Wildman–Crippen MR) is 114 cm³/mol. The van der Waals surface area contributed by atoms with Gasteiger partial charge in [-0.3, -0.25) is 9.20 Å². The molecule has 0 aliphatic carbocycles. The van der Waals surface area contributed by atoms with Crippen LogP contribution in [0.15, 0.2) is 72.9 Å². The molecule has 0 saturated carbocycles. The molecule has 4 aromatic rings. The highest BCUT2D eigenvalue weighted by Crippen LogP contribution is 2.22. The van der Waals surface area contributed by atoms with Crippen molar-refractivity contribution in [1.82, 2.24) is 9.38 Å². The van der Waals surface area contributed by atoms with Gasteiger partial charge in [-0.1, -0.05) is 18.2 Å². The fourth-order valence-electron chi connectivity index (χ4n) is 3.05. The molecule has 4 rings (SSSR count). The number of nitriles is 1. The van der Waals surface area contributed by atoms with Gasteiger partial charge in [0.25, 0.3) is 5.91 Å². The first-order chi connectivity index (χ1) is 14.2. The average Bonchev–Trinajstić information content (AvgIpc) is 3.19. The van der Waals surface area contributed by atoms with Crippen molar-refractivity contribution in [2.45, 2.75) is 0 Å². The summed E-state index contributed by atoms with van der Waals surface area (Å²) in [5.74, 6) is 0.610. The topological polar surface area (TPSA) is 94.2 Å². The molecule has 29 heavy (non-hydrogen) atoms. The van der Waals surface area contributed by atoms with Gasteiger partial charge in [-0.2, -0.15) is 5.26 Å². The maximum Gasteiger partial charge on any atom is 0.257 e. The smallest absolute Gasteiger partial charge is 0.257 e. The zero-order chi connectivity index (χ0) is 20.2. The Balaban J connectivity index is 1.51. The number of nitrogens with one attached hydrogen (secondary N) is 3. The Bertz CT molecular complexity index is 1220. The monoisotopic (exact) mass is 382 g/mol. The second-order valence-corrected chi connectivity index (χ2v) is 6.33. The van der Waals surface area contributed by atoms with Crippen LogP contribution in [0.3, 0.4) is 0 Å². The third kappa shape index (κ3) is 3.73. The number of hydrogen-bond donors (Lipinski definition) is 3. The molecule has 3 N–H and O–H groups in total. The van der Waals surface area contributed by atoms with Gasteiger partial charge < -0.3 is 16.0 Å². The summed E-state index contributed by atoms with van der Waals surface area (Å²) >= 11 is 0. The zero-order valence-corrected chi connectivity index (χ0v) is 15.7. The number of pyridine rings is 1. The van der Waals surface area contributed by atoms with Crippen molar-refractivity contribution in [1.29, 1.82) is 5.26 Å². The zero-order valence-electron chi connectivity index (χ0n) is 15.7. The van der Waals surface area contributed by atoms with Crippen molar-refractivity contribution >= 4 is 34.4 Å². The quantitative estimate of drug-likeness (QED) is 0.480. The Kier molecular flexibility index (Phi) is 4.82. The lowest BCUT2D eigenvalue weighted by Crippen LogP contribution is -2.13. The molecule has 2 aromatic carbocycles. The molecule has 0 aliphatic rings. The fourth-order valence-corrected chi connectivity index (χ4v) is 3.05. The van der Waals surface area contributed by atoms with Crippen LogP contribution in [0.25, 0.3) is 5.65 Å². The average molecular weight is 382 g/mol. The van der Waals surface area contributed by atoms with Crippen molar-refractivity contribution in [3.63, 3.8) is 0 Å². The minimum absolute atomic E-state index is 0.178. The molecule has 2 heterocycles. The van der Waals surface area contributed by atoms with Crippen LogP contribution in [0.1, 0.15) is 16.1 Å². The third-order valence-corrected chi connectivity index (χ3v) is 4.46. The number of carbonyl (C=O) groups excluding carboxylic acids is 1. The van der Waals surface area contributed by atoms with E-state index in [0.29, 0.717) is 22.6 Å². The second-order valence-electron chi connectivity index (χ2n) is 6.33. The van der Waals surface area contributed by atoms with Crippen LogP contribution in [0.5, 0.6) is 0 Å². The summed E-state index contributed by atoms with van der Waals surface area (Å²) in [6.45, 7) is 0. The molecule has 0 aliphatic heterocycles. The van der Waals surface area contributed by atoms with E-state index in [0.717, 1.165) is 17.2 Å². The number of carbonyl (C=O) groups is 1. The molecule has 0 atom stereocenters. The van der Waals surface area contributed by atoms with Gasteiger partial charge in [0.2, 0.25) is 0 Å². The number of para-hydroxylation sites is 1. The van der Waals surface area contributed by atoms with Gasteiger partial charge in [0.05, 0.1) is 5.56 Å². The largest absolute Gasteiger partial charge is 0.387 e. The van der Waals surface area contributed by atoms with Gasteiger partial charge in [-0.15, -0.1) is 0 Å².